The molecule has 8 nitrogen and oxygen atoms in total. The topological polar surface area (TPSA) is 82.9 Å². The van der Waals surface area contributed by atoms with Crippen LogP contribution in [0.25, 0.3) is 10.9 Å². The first-order chi connectivity index (χ1) is 17.8. The van der Waals surface area contributed by atoms with Gasteiger partial charge in [0.15, 0.2) is 5.82 Å². The summed E-state index contributed by atoms with van der Waals surface area (Å²) in [4.78, 5) is 21.6. The van der Waals surface area contributed by atoms with Crippen LogP contribution in [0.1, 0.15) is 61.3 Å². The SMILES string of the molecule is CCC(C)(C)n1nnnc1C(c1cc2cc(C)cc(C)c2[nH]c1=O)N1CCN(Cc2ccccc2)CC1. The van der Waals surface area contributed by atoms with Crippen molar-refractivity contribution < 1.29 is 0 Å². The fraction of sp³-hybridized carbons (Fsp3) is 0.448. The number of H-pyrrole nitrogens is 1. The maximum Gasteiger partial charge on any atom is 0.253 e. The van der Waals surface area contributed by atoms with Crippen molar-refractivity contribution in [2.75, 3.05) is 26.2 Å². The van der Waals surface area contributed by atoms with Gasteiger partial charge < -0.3 is 4.98 Å². The first kappa shape index (κ1) is 25.3. The largest absolute Gasteiger partial charge is 0.321 e. The maximum absolute atomic E-state index is 13.6. The van der Waals surface area contributed by atoms with Crippen LogP contribution in [0.3, 0.4) is 0 Å². The van der Waals surface area contributed by atoms with E-state index in [1.807, 2.05) is 17.7 Å². The third kappa shape index (κ3) is 5.08. The van der Waals surface area contributed by atoms with Crippen molar-refractivity contribution in [3.05, 3.63) is 87.0 Å². The van der Waals surface area contributed by atoms with Gasteiger partial charge >= 0.3 is 0 Å². The molecule has 1 saturated heterocycles. The Morgan fingerprint density at radius 3 is 2.46 bits per heavy atom. The number of aromatic nitrogens is 5. The van der Waals surface area contributed by atoms with E-state index in [1.54, 1.807) is 0 Å². The van der Waals surface area contributed by atoms with Gasteiger partial charge in [-0.25, -0.2) is 4.68 Å². The van der Waals surface area contributed by atoms with Crippen LogP contribution in [-0.2, 0) is 12.1 Å². The molecule has 1 aliphatic heterocycles. The molecule has 5 rings (SSSR count). The van der Waals surface area contributed by atoms with E-state index < -0.39 is 0 Å². The highest BCUT2D eigenvalue weighted by Gasteiger charge is 2.35. The van der Waals surface area contributed by atoms with Crippen LogP contribution >= 0.6 is 0 Å². The van der Waals surface area contributed by atoms with E-state index in [2.05, 4.69) is 100 Å². The minimum absolute atomic E-state index is 0.0833. The number of tetrazole rings is 1. The summed E-state index contributed by atoms with van der Waals surface area (Å²) in [5.74, 6) is 0.720. The number of benzene rings is 2. The summed E-state index contributed by atoms with van der Waals surface area (Å²) in [6.45, 7) is 14.9. The zero-order valence-electron chi connectivity index (χ0n) is 22.5. The lowest BCUT2D eigenvalue weighted by molar-refractivity contribution is 0.0968. The molecule has 1 fully saturated rings. The summed E-state index contributed by atoms with van der Waals surface area (Å²) >= 11 is 0. The standard InChI is InChI=1S/C29H37N7O/c1-6-29(4,5)36-27(31-32-33-36)26(24-18-23-17-20(2)16-21(3)25(23)30-28(24)37)35-14-12-34(13-15-35)19-22-10-8-7-9-11-22/h7-11,16-18,26H,6,12-15,19H2,1-5H3,(H,30,37). The second-order valence-electron chi connectivity index (χ2n) is 10.9. The molecule has 1 atom stereocenters. The average molecular weight is 500 g/mol. The molecule has 0 bridgehead atoms. The Balaban J connectivity index is 1.54. The van der Waals surface area contributed by atoms with Crippen molar-refractivity contribution in [2.24, 2.45) is 0 Å². The molecule has 2 aromatic heterocycles. The van der Waals surface area contributed by atoms with Crippen LogP contribution < -0.4 is 5.56 Å². The lowest BCUT2D eigenvalue weighted by Gasteiger charge is -2.39. The minimum Gasteiger partial charge on any atom is -0.321 e. The number of nitrogens with one attached hydrogen (secondary N) is 1. The second-order valence-corrected chi connectivity index (χ2v) is 10.9. The van der Waals surface area contributed by atoms with Crippen LogP contribution in [0.4, 0.5) is 0 Å². The molecule has 3 heterocycles. The van der Waals surface area contributed by atoms with Crippen LogP contribution in [0, 0.1) is 13.8 Å². The summed E-state index contributed by atoms with van der Waals surface area (Å²) in [7, 11) is 0. The van der Waals surface area contributed by atoms with E-state index in [9.17, 15) is 4.79 Å². The van der Waals surface area contributed by atoms with Crippen molar-refractivity contribution >= 4 is 10.9 Å². The number of hydrogen-bond donors (Lipinski definition) is 1. The van der Waals surface area contributed by atoms with Crippen LogP contribution in [-0.4, -0.2) is 61.2 Å². The van der Waals surface area contributed by atoms with Gasteiger partial charge in [0.1, 0.15) is 6.04 Å². The Bertz CT molecular complexity index is 1430. The monoisotopic (exact) mass is 499 g/mol. The Morgan fingerprint density at radius 1 is 1.03 bits per heavy atom. The molecule has 2 aromatic carbocycles. The van der Waals surface area contributed by atoms with Gasteiger partial charge in [0.25, 0.3) is 5.56 Å². The number of hydrogen-bond acceptors (Lipinski definition) is 6. The van der Waals surface area contributed by atoms with Gasteiger partial charge in [-0.05, 0) is 73.2 Å². The number of fused-ring (bicyclic) bond motifs is 1. The fourth-order valence-corrected chi connectivity index (χ4v) is 5.37. The van der Waals surface area contributed by atoms with Crippen molar-refractivity contribution in [1.29, 1.82) is 0 Å². The molecule has 8 heteroatoms. The highest BCUT2D eigenvalue weighted by molar-refractivity contribution is 5.83. The molecule has 4 aromatic rings. The highest BCUT2D eigenvalue weighted by atomic mass is 16.1. The first-order valence-electron chi connectivity index (χ1n) is 13.2. The Kier molecular flexibility index (Phi) is 6.96. The third-order valence-electron chi connectivity index (χ3n) is 7.81. The van der Waals surface area contributed by atoms with Crippen molar-refractivity contribution in [3.8, 4) is 0 Å². The van der Waals surface area contributed by atoms with Crippen LogP contribution in [0.15, 0.2) is 53.3 Å². The molecule has 0 amide bonds. The molecule has 0 radical (unpaired) electrons. The van der Waals surface area contributed by atoms with Gasteiger partial charge in [-0.1, -0.05) is 48.9 Å². The lowest BCUT2D eigenvalue weighted by Crippen LogP contribution is -2.49. The lowest BCUT2D eigenvalue weighted by atomic mass is 9.98. The molecular formula is C29H37N7O. The Morgan fingerprint density at radius 2 is 1.76 bits per heavy atom. The molecule has 0 spiro atoms. The summed E-state index contributed by atoms with van der Waals surface area (Å²) in [6, 6.07) is 16.5. The molecule has 1 aliphatic rings. The average Bonchev–Trinajstić information content (AvgIpc) is 3.37. The van der Waals surface area contributed by atoms with Crippen molar-refractivity contribution in [2.45, 2.75) is 59.2 Å². The zero-order valence-corrected chi connectivity index (χ0v) is 22.5. The number of pyridine rings is 1. The molecule has 0 saturated carbocycles. The molecule has 1 unspecified atom stereocenters. The number of aromatic amines is 1. The van der Waals surface area contributed by atoms with Crippen LogP contribution in [0.5, 0.6) is 0 Å². The van der Waals surface area contributed by atoms with Gasteiger partial charge in [0.05, 0.1) is 11.1 Å². The zero-order chi connectivity index (χ0) is 26.2. The summed E-state index contributed by atoms with van der Waals surface area (Å²) in [6.07, 6.45) is 0.870. The number of piperazine rings is 1. The molecule has 194 valence electrons. The molecule has 1 N–H and O–H groups in total. The second kappa shape index (κ2) is 10.2. The van der Waals surface area contributed by atoms with E-state index in [1.165, 1.54) is 11.1 Å². The van der Waals surface area contributed by atoms with E-state index >= 15 is 0 Å². The smallest absolute Gasteiger partial charge is 0.253 e. The van der Waals surface area contributed by atoms with Gasteiger partial charge in [0.2, 0.25) is 0 Å². The van der Waals surface area contributed by atoms with E-state index in [0.29, 0.717) is 5.56 Å². The molecule has 37 heavy (non-hydrogen) atoms. The number of rotatable bonds is 7. The van der Waals surface area contributed by atoms with Gasteiger partial charge in [0, 0.05) is 38.3 Å². The Labute approximate surface area is 218 Å². The Hall–Kier alpha value is -3.36. The van der Waals surface area contributed by atoms with E-state index in [-0.39, 0.29) is 17.1 Å². The minimum atomic E-state index is -0.339. The highest BCUT2D eigenvalue weighted by Crippen LogP contribution is 2.31. The fourth-order valence-electron chi connectivity index (χ4n) is 5.37. The quantitative estimate of drug-likeness (QED) is 0.411. The predicted molar refractivity (Wildman–Crippen MR) is 147 cm³/mol. The molecular weight excluding hydrogens is 462 g/mol. The van der Waals surface area contributed by atoms with Crippen molar-refractivity contribution in [3.63, 3.8) is 0 Å². The summed E-state index contributed by atoms with van der Waals surface area (Å²) < 4.78 is 1.92. The van der Waals surface area contributed by atoms with Gasteiger partial charge in [-0.3, -0.25) is 14.6 Å². The number of aryl methyl sites for hydroxylation is 2. The number of nitrogens with zero attached hydrogens (tertiary/aromatic N) is 6. The van der Waals surface area contributed by atoms with E-state index in [4.69, 9.17) is 0 Å². The van der Waals surface area contributed by atoms with E-state index in [0.717, 1.165) is 61.4 Å². The first-order valence-corrected chi connectivity index (χ1v) is 13.2. The van der Waals surface area contributed by atoms with Gasteiger partial charge in [-0.2, -0.15) is 0 Å². The van der Waals surface area contributed by atoms with Gasteiger partial charge in [-0.15, -0.1) is 5.10 Å². The normalized spacial score (nSPS) is 16.4. The summed E-state index contributed by atoms with van der Waals surface area (Å²) in [5, 5.41) is 14.0. The van der Waals surface area contributed by atoms with Crippen molar-refractivity contribution in [1.82, 2.24) is 35.0 Å². The molecule has 0 aliphatic carbocycles. The maximum atomic E-state index is 13.6. The van der Waals surface area contributed by atoms with Crippen LogP contribution in [0.2, 0.25) is 0 Å². The predicted octanol–water partition coefficient (Wildman–Crippen LogP) is 4.18. The third-order valence-corrected chi connectivity index (χ3v) is 7.81. The summed E-state index contributed by atoms with van der Waals surface area (Å²) in [5.41, 5.74) is 4.78.